The van der Waals surface area contributed by atoms with Crippen LogP contribution < -0.4 is 14.8 Å². The Kier molecular flexibility index (Phi) is 7.34. The molecule has 0 saturated carbocycles. The lowest BCUT2D eigenvalue weighted by atomic mass is 9.97. The summed E-state index contributed by atoms with van der Waals surface area (Å²) in [5.74, 6) is 0.159. The first-order valence-electron chi connectivity index (χ1n) is 8.65. The number of ether oxygens (including phenoxy) is 2. The molecule has 0 aromatic heterocycles. The number of anilines is 1. The van der Waals surface area contributed by atoms with E-state index in [4.69, 9.17) is 4.74 Å². The van der Waals surface area contributed by atoms with Crippen molar-refractivity contribution in [1.29, 1.82) is 0 Å². The second-order valence-electron chi connectivity index (χ2n) is 6.01. The van der Waals surface area contributed by atoms with E-state index in [1.807, 2.05) is 24.3 Å². The van der Waals surface area contributed by atoms with E-state index in [9.17, 15) is 13.6 Å². The molecule has 0 aliphatic carbocycles. The lowest BCUT2D eigenvalue weighted by Gasteiger charge is -2.14. The SMILES string of the molecule is CC[C@@H](C)c1ccccc1NC(=O)/C=C/c1ccc(OC(F)F)c(OC)c1. The highest BCUT2D eigenvalue weighted by molar-refractivity contribution is 6.02. The summed E-state index contributed by atoms with van der Waals surface area (Å²) < 4.78 is 34.2. The number of nitrogens with one attached hydrogen (secondary N) is 1. The minimum absolute atomic E-state index is 0.0587. The summed E-state index contributed by atoms with van der Waals surface area (Å²) in [5.41, 5.74) is 2.48. The standard InChI is InChI=1S/C21H23F2NO3/c1-4-14(2)16-7-5-6-8-17(16)24-20(25)12-10-15-9-11-18(27-21(22)23)19(13-15)26-3/h5-14,21H,4H2,1-3H3,(H,24,25)/b12-10+/t14-/m1/s1. The van der Waals surface area contributed by atoms with Gasteiger partial charge < -0.3 is 14.8 Å². The van der Waals surface area contributed by atoms with Crippen LogP contribution in [0.4, 0.5) is 14.5 Å². The van der Waals surface area contributed by atoms with Gasteiger partial charge in [-0.25, -0.2) is 0 Å². The summed E-state index contributed by atoms with van der Waals surface area (Å²) in [6, 6.07) is 12.2. The van der Waals surface area contributed by atoms with Gasteiger partial charge in [-0.1, -0.05) is 38.1 Å². The van der Waals surface area contributed by atoms with Gasteiger partial charge in [0.15, 0.2) is 11.5 Å². The van der Waals surface area contributed by atoms with Crippen LogP contribution in [0.5, 0.6) is 11.5 Å². The Morgan fingerprint density at radius 2 is 1.93 bits per heavy atom. The fourth-order valence-corrected chi connectivity index (χ4v) is 2.59. The molecule has 0 heterocycles. The molecule has 4 nitrogen and oxygen atoms in total. The molecule has 1 amide bonds. The summed E-state index contributed by atoms with van der Waals surface area (Å²) in [6.07, 6.45) is 3.93. The Bertz CT molecular complexity index is 806. The highest BCUT2D eigenvalue weighted by Crippen LogP contribution is 2.30. The molecule has 1 N–H and O–H groups in total. The first-order chi connectivity index (χ1) is 12.9. The summed E-state index contributed by atoms with van der Waals surface area (Å²) in [6.45, 7) is 1.27. The summed E-state index contributed by atoms with van der Waals surface area (Å²) in [7, 11) is 1.36. The van der Waals surface area contributed by atoms with Gasteiger partial charge in [0.1, 0.15) is 0 Å². The predicted molar refractivity (Wildman–Crippen MR) is 102 cm³/mol. The van der Waals surface area contributed by atoms with Crippen LogP contribution in [0.15, 0.2) is 48.5 Å². The van der Waals surface area contributed by atoms with Crippen LogP contribution in [-0.2, 0) is 4.79 Å². The second kappa shape index (κ2) is 9.71. The van der Waals surface area contributed by atoms with Gasteiger partial charge in [-0.15, -0.1) is 0 Å². The van der Waals surface area contributed by atoms with Gasteiger partial charge in [-0.05, 0) is 47.7 Å². The zero-order valence-electron chi connectivity index (χ0n) is 15.5. The number of hydrogen-bond donors (Lipinski definition) is 1. The number of amides is 1. The maximum atomic E-state index is 12.4. The molecule has 0 bridgehead atoms. The van der Waals surface area contributed by atoms with E-state index >= 15 is 0 Å². The summed E-state index contributed by atoms with van der Waals surface area (Å²) in [4.78, 5) is 12.3. The highest BCUT2D eigenvalue weighted by atomic mass is 19.3. The Balaban J connectivity index is 2.11. The quantitative estimate of drug-likeness (QED) is 0.623. The molecule has 0 saturated heterocycles. The van der Waals surface area contributed by atoms with E-state index in [2.05, 4.69) is 23.9 Å². The average molecular weight is 375 g/mol. The molecule has 2 aromatic rings. The number of halogens is 2. The first-order valence-corrected chi connectivity index (χ1v) is 8.65. The van der Waals surface area contributed by atoms with Crippen LogP contribution in [-0.4, -0.2) is 19.6 Å². The van der Waals surface area contributed by atoms with E-state index in [0.717, 1.165) is 17.7 Å². The largest absolute Gasteiger partial charge is 0.493 e. The van der Waals surface area contributed by atoms with Gasteiger partial charge in [0.2, 0.25) is 5.91 Å². The third-order valence-corrected chi connectivity index (χ3v) is 4.19. The third kappa shape index (κ3) is 5.81. The molecule has 0 spiro atoms. The molecule has 1 atom stereocenters. The molecule has 0 fully saturated rings. The normalized spacial score (nSPS) is 12.2. The lowest BCUT2D eigenvalue weighted by molar-refractivity contribution is -0.111. The van der Waals surface area contributed by atoms with Crippen molar-refractivity contribution in [2.24, 2.45) is 0 Å². The number of methoxy groups -OCH3 is 1. The number of rotatable bonds is 8. The van der Waals surface area contributed by atoms with E-state index in [0.29, 0.717) is 11.5 Å². The van der Waals surface area contributed by atoms with Crippen molar-refractivity contribution in [1.82, 2.24) is 0 Å². The van der Waals surface area contributed by atoms with Gasteiger partial charge in [-0.3, -0.25) is 4.79 Å². The molecule has 0 aliphatic rings. The molecule has 2 aromatic carbocycles. The van der Waals surface area contributed by atoms with Crippen molar-refractivity contribution in [3.63, 3.8) is 0 Å². The maximum absolute atomic E-state index is 12.4. The Hall–Kier alpha value is -2.89. The van der Waals surface area contributed by atoms with E-state index in [1.54, 1.807) is 12.1 Å². The fourth-order valence-electron chi connectivity index (χ4n) is 2.59. The Morgan fingerprint density at radius 3 is 2.59 bits per heavy atom. The number of hydrogen-bond acceptors (Lipinski definition) is 3. The van der Waals surface area contributed by atoms with Crippen molar-refractivity contribution in [3.8, 4) is 11.5 Å². The summed E-state index contributed by atoms with van der Waals surface area (Å²) in [5, 5.41) is 2.88. The monoisotopic (exact) mass is 375 g/mol. The fraction of sp³-hybridized carbons (Fsp3) is 0.286. The number of para-hydroxylation sites is 1. The molecule has 2 rings (SSSR count). The molecule has 0 radical (unpaired) electrons. The zero-order chi connectivity index (χ0) is 19.8. The van der Waals surface area contributed by atoms with E-state index in [1.165, 1.54) is 25.3 Å². The van der Waals surface area contributed by atoms with Crippen molar-refractivity contribution < 1.29 is 23.0 Å². The molecule has 144 valence electrons. The van der Waals surface area contributed by atoms with Gasteiger partial charge >= 0.3 is 6.61 Å². The average Bonchev–Trinajstić information content (AvgIpc) is 2.66. The number of carbonyl (C=O) groups is 1. The van der Waals surface area contributed by atoms with E-state index < -0.39 is 6.61 Å². The van der Waals surface area contributed by atoms with Gasteiger partial charge in [-0.2, -0.15) is 8.78 Å². The summed E-state index contributed by atoms with van der Waals surface area (Å²) >= 11 is 0. The van der Waals surface area contributed by atoms with Crippen molar-refractivity contribution in [2.75, 3.05) is 12.4 Å². The van der Waals surface area contributed by atoms with Crippen LogP contribution in [0.2, 0.25) is 0 Å². The van der Waals surface area contributed by atoms with Crippen LogP contribution in [0.25, 0.3) is 6.08 Å². The highest BCUT2D eigenvalue weighted by Gasteiger charge is 2.11. The van der Waals surface area contributed by atoms with Crippen molar-refractivity contribution in [2.45, 2.75) is 32.8 Å². The Labute approximate surface area is 157 Å². The molecule has 6 heteroatoms. The van der Waals surface area contributed by atoms with Crippen LogP contribution >= 0.6 is 0 Å². The zero-order valence-corrected chi connectivity index (χ0v) is 15.5. The Morgan fingerprint density at radius 1 is 1.19 bits per heavy atom. The lowest BCUT2D eigenvalue weighted by Crippen LogP contribution is -2.10. The van der Waals surface area contributed by atoms with Gasteiger partial charge in [0.05, 0.1) is 7.11 Å². The molecule has 0 unspecified atom stereocenters. The second-order valence-corrected chi connectivity index (χ2v) is 6.01. The van der Waals surface area contributed by atoms with Gasteiger partial charge in [0.25, 0.3) is 0 Å². The van der Waals surface area contributed by atoms with Crippen molar-refractivity contribution >= 4 is 17.7 Å². The minimum atomic E-state index is -2.93. The molecular formula is C21H23F2NO3. The number of alkyl halides is 2. The predicted octanol–water partition coefficient (Wildman–Crippen LogP) is 5.46. The number of carbonyl (C=O) groups excluding carboxylic acids is 1. The van der Waals surface area contributed by atoms with Crippen molar-refractivity contribution in [3.05, 3.63) is 59.7 Å². The van der Waals surface area contributed by atoms with Crippen LogP contribution in [0.3, 0.4) is 0 Å². The van der Waals surface area contributed by atoms with Crippen LogP contribution in [0.1, 0.15) is 37.3 Å². The number of benzene rings is 2. The molecule has 27 heavy (non-hydrogen) atoms. The molecular weight excluding hydrogens is 352 g/mol. The van der Waals surface area contributed by atoms with Gasteiger partial charge in [0, 0.05) is 11.8 Å². The topological polar surface area (TPSA) is 47.6 Å². The minimum Gasteiger partial charge on any atom is -0.493 e. The first kappa shape index (κ1) is 20.4. The van der Waals surface area contributed by atoms with Crippen LogP contribution in [0, 0.1) is 0 Å². The smallest absolute Gasteiger partial charge is 0.387 e. The van der Waals surface area contributed by atoms with E-state index in [-0.39, 0.29) is 17.4 Å². The maximum Gasteiger partial charge on any atom is 0.387 e. The third-order valence-electron chi connectivity index (χ3n) is 4.19. The molecule has 0 aliphatic heterocycles.